The highest BCUT2D eigenvalue weighted by atomic mass is 15.1. The van der Waals surface area contributed by atoms with E-state index in [0.29, 0.717) is 0 Å². The minimum Gasteiger partial charge on any atom is -0.356 e. The summed E-state index contributed by atoms with van der Waals surface area (Å²) >= 11 is 0. The van der Waals surface area contributed by atoms with Crippen molar-refractivity contribution >= 4 is 22.7 Å². The van der Waals surface area contributed by atoms with E-state index in [2.05, 4.69) is 178 Å². The fraction of sp³-hybridized carbons (Fsp3) is 0.163. The largest absolute Gasteiger partial charge is 0.356 e. The van der Waals surface area contributed by atoms with Gasteiger partial charge in [-0.1, -0.05) is 113 Å². The van der Waals surface area contributed by atoms with Gasteiger partial charge in [0.05, 0.1) is 0 Å². The summed E-state index contributed by atoms with van der Waals surface area (Å²) in [6.07, 6.45) is 0. The number of rotatable bonds is 5. The van der Waals surface area contributed by atoms with Crippen LogP contribution in [0.4, 0.5) is 22.7 Å². The standard InChI is InChI=1S/C43H38N2/c1-42(2)37-17-11-9-16-33(37)35-23-20-29(26-39(35)42)44-30-21-24-36-34-22-19-28(25-38(34)43(3,4)40(36)27-30)32-15-10-12-18-41(32)45(5)31-13-7-6-8-14-31/h6-27,44H,1-5H3. The molecule has 0 radical (unpaired) electrons. The Morgan fingerprint density at radius 1 is 0.444 bits per heavy atom. The van der Waals surface area contributed by atoms with E-state index in [1.54, 1.807) is 0 Å². The summed E-state index contributed by atoms with van der Waals surface area (Å²) in [5, 5.41) is 3.76. The SMILES string of the molecule is CN(c1ccccc1)c1ccccc1-c1ccc2c(c1)C(C)(C)c1cc(Nc3ccc4c(c3)C(C)(C)c3ccccc3-4)ccc1-2. The number of anilines is 4. The van der Waals surface area contributed by atoms with Crippen LogP contribution in [0.25, 0.3) is 33.4 Å². The van der Waals surface area contributed by atoms with Gasteiger partial charge >= 0.3 is 0 Å². The Kier molecular flexibility index (Phi) is 6.09. The highest BCUT2D eigenvalue weighted by molar-refractivity contribution is 5.89. The van der Waals surface area contributed by atoms with E-state index in [-0.39, 0.29) is 10.8 Å². The predicted octanol–water partition coefficient (Wildman–Crippen LogP) is 11.5. The van der Waals surface area contributed by atoms with Gasteiger partial charge in [0.15, 0.2) is 0 Å². The summed E-state index contributed by atoms with van der Waals surface area (Å²) in [6, 6.07) is 48.9. The zero-order valence-electron chi connectivity index (χ0n) is 26.6. The second-order valence-electron chi connectivity index (χ2n) is 13.6. The lowest BCUT2D eigenvalue weighted by atomic mass is 9.81. The second kappa shape index (κ2) is 9.97. The van der Waals surface area contributed by atoms with Gasteiger partial charge in [-0.05, 0) is 98.6 Å². The minimum absolute atomic E-state index is 0.0165. The zero-order chi connectivity index (χ0) is 30.9. The molecule has 0 unspecified atom stereocenters. The molecule has 0 bridgehead atoms. The molecule has 220 valence electrons. The zero-order valence-corrected chi connectivity index (χ0v) is 26.6. The molecule has 0 saturated heterocycles. The minimum atomic E-state index is -0.125. The lowest BCUT2D eigenvalue weighted by Crippen LogP contribution is -2.16. The van der Waals surface area contributed by atoms with Crippen molar-refractivity contribution in [2.24, 2.45) is 0 Å². The molecule has 0 saturated carbocycles. The molecule has 0 amide bonds. The van der Waals surface area contributed by atoms with Crippen LogP contribution in [0.3, 0.4) is 0 Å². The van der Waals surface area contributed by atoms with Gasteiger partial charge in [0.2, 0.25) is 0 Å². The molecule has 6 aromatic carbocycles. The third kappa shape index (κ3) is 4.24. The topological polar surface area (TPSA) is 15.3 Å². The van der Waals surface area contributed by atoms with Crippen LogP contribution in [0.5, 0.6) is 0 Å². The van der Waals surface area contributed by atoms with Crippen molar-refractivity contribution in [2.75, 3.05) is 17.3 Å². The number of hydrogen-bond donors (Lipinski definition) is 1. The maximum absolute atomic E-state index is 3.76. The van der Waals surface area contributed by atoms with Gasteiger partial charge in [0, 0.05) is 46.2 Å². The molecule has 45 heavy (non-hydrogen) atoms. The van der Waals surface area contributed by atoms with E-state index < -0.39 is 0 Å². The van der Waals surface area contributed by atoms with Crippen LogP contribution in [0.2, 0.25) is 0 Å². The molecule has 0 heterocycles. The molecule has 2 aliphatic carbocycles. The average Bonchev–Trinajstić information content (AvgIpc) is 3.43. The van der Waals surface area contributed by atoms with Crippen LogP contribution in [-0.4, -0.2) is 7.05 Å². The number of fused-ring (bicyclic) bond motifs is 6. The Hall–Kier alpha value is -5.08. The monoisotopic (exact) mass is 582 g/mol. The lowest BCUT2D eigenvalue weighted by Gasteiger charge is -2.25. The summed E-state index contributed by atoms with van der Waals surface area (Å²) in [6.45, 7) is 9.40. The molecule has 1 N–H and O–H groups in total. The summed E-state index contributed by atoms with van der Waals surface area (Å²) in [4.78, 5) is 2.28. The van der Waals surface area contributed by atoms with Gasteiger partial charge in [0.25, 0.3) is 0 Å². The van der Waals surface area contributed by atoms with E-state index in [1.807, 2.05) is 0 Å². The number of nitrogens with one attached hydrogen (secondary N) is 1. The molecule has 6 aromatic rings. The van der Waals surface area contributed by atoms with Gasteiger partial charge < -0.3 is 10.2 Å². The maximum Gasteiger partial charge on any atom is 0.0487 e. The van der Waals surface area contributed by atoms with E-state index in [0.717, 1.165) is 11.4 Å². The van der Waals surface area contributed by atoms with Crippen LogP contribution in [-0.2, 0) is 10.8 Å². The predicted molar refractivity (Wildman–Crippen MR) is 191 cm³/mol. The number of nitrogens with zero attached hydrogens (tertiary/aromatic N) is 1. The number of hydrogen-bond acceptors (Lipinski definition) is 2. The first-order valence-corrected chi connectivity index (χ1v) is 15.9. The fourth-order valence-corrected chi connectivity index (χ4v) is 7.73. The Balaban J connectivity index is 1.12. The molecule has 0 aliphatic heterocycles. The van der Waals surface area contributed by atoms with E-state index in [9.17, 15) is 0 Å². The first-order valence-electron chi connectivity index (χ1n) is 15.9. The quantitative estimate of drug-likeness (QED) is 0.217. The lowest BCUT2D eigenvalue weighted by molar-refractivity contribution is 0.660. The molecule has 8 rings (SSSR count). The van der Waals surface area contributed by atoms with Crippen molar-refractivity contribution in [2.45, 2.75) is 38.5 Å². The highest BCUT2D eigenvalue weighted by Crippen LogP contribution is 2.52. The third-order valence-electron chi connectivity index (χ3n) is 10.3. The fourth-order valence-electron chi connectivity index (χ4n) is 7.73. The summed E-state index contributed by atoms with van der Waals surface area (Å²) in [5.41, 5.74) is 17.9. The molecule has 0 spiro atoms. The van der Waals surface area contributed by atoms with Crippen LogP contribution in [0, 0.1) is 0 Å². The van der Waals surface area contributed by atoms with Gasteiger partial charge in [-0.2, -0.15) is 0 Å². The maximum atomic E-state index is 3.76. The van der Waals surface area contributed by atoms with Crippen molar-refractivity contribution < 1.29 is 0 Å². The summed E-state index contributed by atoms with van der Waals surface area (Å²) in [5.74, 6) is 0. The first kappa shape index (κ1) is 27.5. The van der Waals surface area contributed by atoms with E-state index in [4.69, 9.17) is 0 Å². The molecule has 2 heteroatoms. The Morgan fingerprint density at radius 3 is 1.60 bits per heavy atom. The molecule has 2 aliphatic rings. The average molecular weight is 583 g/mol. The highest BCUT2D eigenvalue weighted by Gasteiger charge is 2.37. The smallest absolute Gasteiger partial charge is 0.0487 e. The Labute approximate surface area is 267 Å². The van der Waals surface area contributed by atoms with Crippen LogP contribution in [0.1, 0.15) is 49.9 Å². The van der Waals surface area contributed by atoms with Crippen molar-refractivity contribution in [3.63, 3.8) is 0 Å². The van der Waals surface area contributed by atoms with Gasteiger partial charge in [-0.3, -0.25) is 0 Å². The second-order valence-corrected chi connectivity index (χ2v) is 13.6. The molecular weight excluding hydrogens is 544 g/mol. The molecule has 0 aromatic heterocycles. The van der Waals surface area contributed by atoms with Crippen molar-refractivity contribution in [1.82, 2.24) is 0 Å². The summed E-state index contributed by atoms with van der Waals surface area (Å²) < 4.78 is 0. The van der Waals surface area contributed by atoms with Crippen molar-refractivity contribution in [3.05, 3.63) is 156 Å². The van der Waals surface area contributed by atoms with Gasteiger partial charge in [-0.15, -0.1) is 0 Å². The molecular formula is C43H38N2. The molecule has 2 nitrogen and oxygen atoms in total. The third-order valence-corrected chi connectivity index (χ3v) is 10.3. The number of benzene rings is 6. The van der Waals surface area contributed by atoms with E-state index >= 15 is 0 Å². The van der Waals surface area contributed by atoms with Gasteiger partial charge in [-0.25, -0.2) is 0 Å². The Morgan fingerprint density at radius 2 is 0.933 bits per heavy atom. The van der Waals surface area contributed by atoms with Gasteiger partial charge in [0.1, 0.15) is 0 Å². The van der Waals surface area contributed by atoms with E-state index in [1.165, 1.54) is 67.0 Å². The Bertz CT molecular complexity index is 2100. The normalized spacial score (nSPS) is 14.7. The molecule has 0 fully saturated rings. The van der Waals surface area contributed by atoms with Crippen LogP contribution >= 0.6 is 0 Å². The molecule has 0 atom stereocenters. The van der Waals surface area contributed by atoms with Crippen LogP contribution in [0.15, 0.2) is 133 Å². The van der Waals surface area contributed by atoms with Crippen molar-refractivity contribution in [1.29, 1.82) is 0 Å². The summed E-state index contributed by atoms with van der Waals surface area (Å²) in [7, 11) is 2.15. The first-order chi connectivity index (χ1) is 21.7. The number of para-hydroxylation sites is 2. The van der Waals surface area contributed by atoms with Crippen molar-refractivity contribution in [3.8, 4) is 33.4 Å². The van der Waals surface area contributed by atoms with Crippen LogP contribution < -0.4 is 10.2 Å².